The quantitative estimate of drug-likeness (QED) is 0.797. The average Bonchev–Trinajstić information content (AvgIpc) is 2.70. The van der Waals surface area contributed by atoms with Crippen LogP contribution in [0.1, 0.15) is 26.7 Å². The third-order valence-electron chi connectivity index (χ3n) is 5.17. The van der Waals surface area contributed by atoms with Gasteiger partial charge in [-0.3, -0.25) is 4.79 Å². The largest absolute Gasteiger partial charge is 0.368 e. The summed E-state index contributed by atoms with van der Waals surface area (Å²) in [5, 5.41) is 3.69. The summed E-state index contributed by atoms with van der Waals surface area (Å²) in [6.45, 7) is 7.79. The Morgan fingerprint density at radius 3 is 2.30 bits per heavy atom. The van der Waals surface area contributed by atoms with Gasteiger partial charge in [-0.25, -0.2) is 4.98 Å². The third kappa shape index (κ3) is 4.92. The van der Waals surface area contributed by atoms with Crippen molar-refractivity contribution in [3.63, 3.8) is 0 Å². The molecule has 0 bridgehead atoms. The van der Waals surface area contributed by atoms with Crippen molar-refractivity contribution in [1.29, 1.82) is 0 Å². The standard InChI is InChI=1S/C21H27ClN4O/c1-3-16(4-2)21(27)24-20-9-8-19(15-23-20)26-12-10-25(11-13-26)18-7-5-6-17(22)14-18/h5-9,14-16H,3-4,10-13H2,1-2H3,(H,23,24,27). The van der Waals surface area contributed by atoms with E-state index in [1.165, 1.54) is 5.69 Å². The predicted octanol–water partition coefficient (Wildman–Crippen LogP) is 4.44. The van der Waals surface area contributed by atoms with Gasteiger partial charge in [-0.15, -0.1) is 0 Å². The van der Waals surface area contributed by atoms with Crippen molar-refractivity contribution in [2.24, 2.45) is 5.92 Å². The predicted molar refractivity (Wildman–Crippen MR) is 113 cm³/mol. The molecule has 144 valence electrons. The summed E-state index contributed by atoms with van der Waals surface area (Å²) in [4.78, 5) is 21.3. The first kappa shape index (κ1) is 19.5. The number of hydrogen-bond donors (Lipinski definition) is 1. The van der Waals surface area contributed by atoms with E-state index in [4.69, 9.17) is 11.6 Å². The number of piperazine rings is 1. The zero-order valence-electron chi connectivity index (χ0n) is 16.0. The molecule has 1 fully saturated rings. The van der Waals surface area contributed by atoms with E-state index < -0.39 is 0 Å². The lowest BCUT2D eigenvalue weighted by Crippen LogP contribution is -2.46. The van der Waals surface area contributed by atoms with Crippen LogP contribution in [0.25, 0.3) is 0 Å². The molecule has 1 saturated heterocycles. The SMILES string of the molecule is CCC(CC)C(=O)Nc1ccc(N2CCN(c3cccc(Cl)c3)CC2)cn1. The van der Waals surface area contributed by atoms with Crippen LogP contribution in [0, 0.1) is 5.92 Å². The van der Waals surface area contributed by atoms with Gasteiger partial charge in [-0.2, -0.15) is 0 Å². The maximum Gasteiger partial charge on any atom is 0.228 e. The Kier molecular flexibility index (Phi) is 6.56. The summed E-state index contributed by atoms with van der Waals surface area (Å²) in [5.41, 5.74) is 2.25. The summed E-state index contributed by atoms with van der Waals surface area (Å²) < 4.78 is 0. The van der Waals surface area contributed by atoms with E-state index in [9.17, 15) is 4.79 Å². The molecule has 1 aromatic carbocycles. The summed E-state index contributed by atoms with van der Waals surface area (Å²) in [6, 6.07) is 11.9. The van der Waals surface area contributed by atoms with Crippen LogP contribution < -0.4 is 15.1 Å². The minimum absolute atomic E-state index is 0.0473. The minimum atomic E-state index is 0.0473. The van der Waals surface area contributed by atoms with Gasteiger partial charge in [-0.1, -0.05) is 31.5 Å². The molecule has 1 aliphatic heterocycles. The Bertz CT molecular complexity index is 753. The summed E-state index contributed by atoms with van der Waals surface area (Å²) in [5.74, 6) is 0.717. The molecule has 0 saturated carbocycles. The fourth-order valence-corrected chi connectivity index (χ4v) is 3.62. The Morgan fingerprint density at radius 1 is 1.07 bits per heavy atom. The van der Waals surface area contributed by atoms with Crippen LogP contribution in [-0.2, 0) is 4.79 Å². The van der Waals surface area contributed by atoms with Gasteiger partial charge in [0.05, 0.1) is 11.9 Å². The van der Waals surface area contributed by atoms with Crippen molar-refractivity contribution >= 4 is 34.7 Å². The van der Waals surface area contributed by atoms with Crippen molar-refractivity contribution in [3.05, 3.63) is 47.6 Å². The number of nitrogens with zero attached hydrogens (tertiary/aromatic N) is 3. The second-order valence-electron chi connectivity index (χ2n) is 6.86. The molecule has 0 unspecified atom stereocenters. The number of nitrogens with one attached hydrogen (secondary N) is 1. The van der Waals surface area contributed by atoms with Crippen LogP contribution in [0.15, 0.2) is 42.6 Å². The zero-order chi connectivity index (χ0) is 19.2. The number of aromatic nitrogens is 1. The summed E-state index contributed by atoms with van der Waals surface area (Å²) in [7, 11) is 0. The number of hydrogen-bond acceptors (Lipinski definition) is 4. The molecule has 0 spiro atoms. The van der Waals surface area contributed by atoms with Gasteiger partial charge >= 0.3 is 0 Å². The number of rotatable bonds is 6. The van der Waals surface area contributed by atoms with E-state index in [2.05, 4.69) is 26.2 Å². The first-order valence-corrected chi connectivity index (χ1v) is 10.0. The Morgan fingerprint density at radius 2 is 1.74 bits per heavy atom. The fourth-order valence-electron chi connectivity index (χ4n) is 3.43. The minimum Gasteiger partial charge on any atom is -0.368 e. The lowest BCUT2D eigenvalue weighted by atomic mass is 10.0. The topological polar surface area (TPSA) is 48.5 Å². The highest BCUT2D eigenvalue weighted by Gasteiger charge is 2.19. The molecular weight excluding hydrogens is 360 g/mol. The van der Waals surface area contributed by atoms with E-state index in [-0.39, 0.29) is 11.8 Å². The summed E-state index contributed by atoms with van der Waals surface area (Å²) >= 11 is 6.10. The van der Waals surface area contributed by atoms with Crippen LogP contribution in [0.3, 0.4) is 0 Å². The van der Waals surface area contributed by atoms with Crippen molar-refractivity contribution in [2.75, 3.05) is 41.3 Å². The van der Waals surface area contributed by atoms with Gasteiger partial charge < -0.3 is 15.1 Å². The fraction of sp³-hybridized carbons (Fsp3) is 0.429. The van der Waals surface area contributed by atoms with Crippen molar-refractivity contribution in [3.8, 4) is 0 Å². The van der Waals surface area contributed by atoms with Gasteiger partial charge in [0.2, 0.25) is 5.91 Å². The third-order valence-corrected chi connectivity index (χ3v) is 5.41. The molecule has 5 nitrogen and oxygen atoms in total. The van der Waals surface area contributed by atoms with Gasteiger partial charge in [-0.05, 0) is 43.2 Å². The molecule has 3 rings (SSSR count). The molecule has 0 radical (unpaired) electrons. The monoisotopic (exact) mass is 386 g/mol. The van der Waals surface area contributed by atoms with Crippen LogP contribution in [0.5, 0.6) is 0 Å². The number of halogens is 1. The van der Waals surface area contributed by atoms with Crippen LogP contribution in [-0.4, -0.2) is 37.1 Å². The van der Waals surface area contributed by atoms with Crippen molar-refractivity contribution < 1.29 is 4.79 Å². The second kappa shape index (κ2) is 9.09. The highest BCUT2D eigenvalue weighted by molar-refractivity contribution is 6.30. The number of benzene rings is 1. The number of carbonyl (C=O) groups is 1. The highest BCUT2D eigenvalue weighted by Crippen LogP contribution is 2.23. The highest BCUT2D eigenvalue weighted by atomic mass is 35.5. The molecule has 1 N–H and O–H groups in total. The van der Waals surface area contributed by atoms with Crippen molar-refractivity contribution in [2.45, 2.75) is 26.7 Å². The summed E-state index contributed by atoms with van der Waals surface area (Å²) in [6.07, 6.45) is 3.53. The number of anilines is 3. The Hall–Kier alpha value is -2.27. The number of pyridine rings is 1. The molecule has 1 aliphatic rings. The average molecular weight is 387 g/mol. The molecule has 27 heavy (non-hydrogen) atoms. The van der Waals surface area contributed by atoms with Gasteiger partial charge in [0.15, 0.2) is 0 Å². The van der Waals surface area contributed by atoms with Crippen LogP contribution >= 0.6 is 11.6 Å². The smallest absolute Gasteiger partial charge is 0.228 e. The normalized spacial score (nSPS) is 14.5. The van der Waals surface area contributed by atoms with E-state index in [0.717, 1.165) is 49.7 Å². The zero-order valence-corrected chi connectivity index (χ0v) is 16.7. The maximum atomic E-state index is 12.2. The number of amides is 1. The molecule has 6 heteroatoms. The molecule has 0 aliphatic carbocycles. The lowest BCUT2D eigenvalue weighted by Gasteiger charge is -2.37. The number of carbonyl (C=O) groups excluding carboxylic acids is 1. The molecular formula is C21H27ClN4O. The molecule has 2 aromatic rings. The van der Waals surface area contributed by atoms with E-state index in [0.29, 0.717) is 5.82 Å². The van der Waals surface area contributed by atoms with Crippen LogP contribution in [0.2, 0.25) is 5.02 Å². The molecule has 1 amide bonds. The van der Waals surface area contributed by atoms with E-state index in [1.807, 2.05) is 50.4 Å². The van der Waals surface area contributed by atoms with Crippen LogP contribution in [0.4, 0.5) is 17.2 Å². The van der Waals surface area contributed by atoms with Gasteiger partial charge in [0.1, 0.15) is 5.82 Å². The maximum absolute atomic E-state index is 12.2. The van der Waals surface area contributed by atoms with Gasteiger partial charge in [0.25, 0.3) is 0 Å². The van der Waals surface area contributed by atoms with Gasteiger partial charge in [0, 0.05) is 42.8 Å². The molecule has 0 atom stereocenters. The Balaban J connectivity index is 1.56. The first-order valence-electron chi connectivity index (χ1n) is 9.63. The second-order valence-corrected chi connectivity index (χ2v) is 7.29. The Labute approximate surface area is 166 Å². The van der Waals surface area contributed by atoms with Crippen molar-refractivity contribution in [1.82, 2.24) is 4.98 Å². The van der Waals surface area contributed by atoms with E-state index >= 15 is 0 Å². The molecule has 1 aromatic heterocycles. The molecule has 2 heterocycles. The van der Waals surface area contributed by atoms with E-state index in [1.54, 1.807) is 0 Å². The lowest BCUT2D eigenvalue weighted by molar-refractivity contribution is -0.120. The first-order chi connectivity index (χ1) is 13.1.